The minimum Gasteiger partial charge on any atom is -0.461 e. The highest BCUT2D eigenvalue weighted by Gasteiger charge is 2.27. The van der Waals surface area contributed by atoms with Crippen LogP contribution < -0.4 is 5.32 Å². The first-order valence-electron chi connectivity index (χ1n) is 7.54. The highest BCUT2D eigenvalue weighted by molar-refractivity contribution is 5.82. The molecule has 1 aliphatic rings. The number of fused-ring (bicyclic) bond motifs is 1. The van der Waals surface area contributed by atoms with Crippen molar-refractivity contribution in [3.05, 3.63) is 35.6 Å². The van der Waals surface area contributed by atoms with Crippen LogP contribution in [0.3, 0.4) is 0 Å². The molecule has 0 unspecified atom stereocenters. The van der Waals surface area contributed by atoms with E-state index in [2.05, 4.69) is 31.3 Å². The number of furan rings is 1. The molecule has 3 rings (SSSR count). The number of aryl methyl sites for hydroxylation is 1. The molecule has 1 saturated heterocycles. The highest BCUT2D eigenvalue weighted by atomic mass is 16.5. The van der Waals surface area contributed by atoms with Crippen LogP contribution >= 0.6 is 0 Å². The van der Waals surface area contributed by atoms with Gasteiger partial charge in [-0.25, -0.2) is 0 Å². The van der Waals surface area contributed by atoms with E-state index in [9.17, 15) is 0 Å². The third-order valence-corrected chi connectivity index (χ3v) is 4.39. The average Bonchev–Trinajstić information content (AvgIpc) is 2.84. The number of para-hydroxylation sites is 1. The normalized spacial score (nSPS) is 18.5. The van der Waals surface area contributed by atoms with Gasteiger partial charge in [-0.2, -0.15) is 0 Å². The van der Waals surface area contributed by atoms with Gasteiger partial charge in [-0.3, -0.25) is 0 Å². The van der Waals surface area contributed by atoms with Crippen molar-refractivity contribution < 1.29 is 9.15 Å². The first-order chi connectivity index (χ1) is 9.72. The predicted molar refractivity (Wildman–Crippen MR) is 80.9 cm³/mol. The van der Waals surface area contributed by atoms with Crippen LogP contribution in [0.4, 0.5) is 0 Å². The van der Waals surface area contributed by atoms with Gasteiger partial charge in [-0.15, -0.1) is 0 Å². The molecule has 2 heterocycles. The third kappa shape index (κ3) is 2.60. The summed E-state index contributed by atoms with van der Waals surface area (Å²) in [4.78, 5) is 0. The van der Waals surface area contributed by atoms with Gasteiger partial charge in [-0.1, -0.05) is 25.1 Å². The predicted octanol–water partition coefficient (Wildman–Crippen LogP) is 3.65. The minimum absolute atomic E-state index is 0.182. The molecular formula is C17H23NO2. The second kappa shape index (κ2) is 5.58. The van der Waals surface area contributed by atoms with E-state index in [4.69, 9.17) is 9.15 Å². The van der Waals surface area contributed by atoms with E-state index < -0.39 is 0 Å². The molecule has 1 N–H and O–H groups in total. The Kier molecular flexibility index (Phi) is 3.81. The number of ether oxygens (including phenoxy) is 1. The average molecular weight is 273 g/mol. The fourth-order valence-corrected chi connectivity index (χ4v) is 2.93. The van der Waals surface area contributed by atoms with Crippen LogP contribution in [0.2, 0.25) is 0 Å². The van der Waals surface area contributed by atoms with Crippen molar-refractivity contribution in [2.24, 2.45) is 0 Å². The van der Waals surface area contributed by atoms with Gasteiger partial charge in [0.1, 0.15) is 11.3 Å². The van der Waals surface area contributed by atoms with Crippen LogP contribution in [-0.4, -0.2) is 18.8 Å². The van der Waals surface area contributed by atoms with Crippen LogP contribution in [-0.2, 0) is 17.7 Å². The fourth-order valence-electron chi connectivity index (χ4n) is 2.93. The molecule has 2 aromatic rings. The Bertz CT molecular complexity index is 582. The lowest BCUT2D eigenvalue weighted by Crippen LogP contribution is -2.46. The fraction of sp³-hybridized carbons (Fsp3) is 0.529. The molecule has 0 bridgehead atoms. The summed E-state index contributed by atoms with van der Waals surface area (Å²) in [5.74, 6) is 1.11. The molecule has 1 aromatic carbocycles. The molecule has 20 heavy (non-hydrogen) atoms. The highest BCUT2D eigenvalue weighted by Crippen LogP contribution is 2.28. The lowest BCUT2D eigenvalue weighted by Gasteiger charge is -2.34. The van der Waals surface area contributed by atoms with Gasteiger partial charge in [0.2, 0.25) is 0 Å². The Morgan fingerprint density at radius 2 is 1.95 bits per heavy atom. The molecule has 1 fully saturated rings. The molecule has 0 radical (unpaired) electrons. The third-order valence-electron chi connectivity index (χ3n) is 4.39. The number of hydrogen-bond acceptors (Lipinski definition) is 3. The maximum Gasteiger partial charge on any atom is 0.134 e. The van der Waals surface area contributed by atoms with Gasteiger partial charge in [0, 0.05) is 42.7 Å². The van der Waals surface area contributed by atoms with E-state index >= 15 is 0 Å². The maximum atomic E-state index is 5.96. The zero-order valence-electron chi connectivity index (χ0n) is 12.4. The molecule has 1 aromatic heterocycles. The Morgan fingerprint density at radius 3 is 2.70 bits per heavy atom. The second-order valence-corrected chi connectivity index (χ2v) is 5.88. The van der Waals surface area contributed by atoms with Crippen molar-refractivity contribution in [2.75, 3.05) is 13.2 Å². The molecule has 0 aliphatic carbocycles. The van der Waals surface area contributed by atoms with Crippen molar-refractivity contribution in [1.29, 1.82) is 0 Å². The van der Waals surface area contributed by atoms with E-state index in [1.165, 1.54) is 10.9 Å². The first kappa shape index (κ1) is 13.7. The lowest BCUT2D eigenvalue weighted by atomic mass is 9.92. The summed E-state index contributed by atoms with van der Waals surface area (Å²) in [6.45, 7) is 7.03. The summed E-state index contributed by atoms with van der Waals surface area (Å²) < 4.78 is 11.4. The Morgan fingerprint density at radius 1 is 1.20 bits per heavy atom. The Labute approximate surface area is 120 Å². The van der Waals surface area contributed by atoms with Crippen molar-refractivity contribution in [2.45, 2.75) is 45.2 Å². The molecule has 3 nitrogen and oxygen atoms in total. The van der Waals surface area contributed by atoms with Gasteiger partial charge in [-0.05, 0) is 25.8 Å². The summed E-state index contributed by atoms with van der Waals surface area (Å²) in [5.41, 5.74) is 2.50. The van der Waals surface area contributed by atoms with Crippen LogP contribution in [0.25, 0.3) is 11.0 Å². The van der Waals surface area contributed by atoms with Crippen LogP contribution in [0.15, 0.2) is 28.7 Å². The standard InChI is InChI=1S/C17H23NO2/c1-3-15-14(13-6-4-5-7-16(13)20-15)12-18-17(2)8-10-19-11-9-17/h4-7,18H,3,8-12H2,1-2H3. The van der Waals surface area contributed by atoms with E-state index in [0.29, 0.717) is 0 Å². The topological polar surface area (TPSA) is 34.4 Å². The summed E-state index contributed by atoms with van der Waals surface area (Å²) in [5, 5.41) is 4.97. The van der Waals surface area contributed by atoms with Crippen LogP contribution in [0, 0.1) is 0 Å². The van der Waals surface area contributed by atoms with E-state index in [1.807, 2.05) is 12.1 Å². The van der Waals surface area contributed by atoms with E-state index in [0.717, 1.165) is 50.4 Å². The van der Waals surface area contributed by atoms with Crippen molar-refractivity contribution in [1.82, 2.24) is 5.32 Å². The first-order valence-corrected chi connectivity index (χ1v) is 7.54. The molecule has 0 saturated carbocycles. The molecule has 108 valence electrons. The van der Waals surface area contributed by atoms with Crippen molar-refractivity contribution in [3.63, 3.8) is 0 Å². The minimum atomic E-state index is 0.182. The molecule has 1 aliphatic heterocycles. The van der Waals surface area contributed by atoms with Crippen LogP contribution in [0.5, 0.6) is 0 Å². The van der Waals surface area contributed by atoms with Gasteiger partial charge in [0.15, 0.2) is 0 Å². The number of benzene rings is 1. The van der Waals surface area contributed by atoms with Gasteiger partial charge in [0.25, 0.3) is 0 Å². The Balaban J connectivity index is 1.82. The molecule has 0 atom stereocenters. The van der Waals surface area contributed by atoms with Crippen molar-refractivity contribution in [3.8, 4) is 0 Å². The second-order valence-electron chi connectivity index (χ2n) is 5.88. The SMILES string of the molecule is CCc1oc2ccccc2c1CNC1(C)CCOCC1. The number of hydrogen-bond donors (Lipinski definition) is 1. The lowest BCUT2D eigenvalue weighted by molar-refractivity contribution is 0.0446. The maximum absolute atomic E-state index is 5.96. The van der Waals surface area contributed by atoms with Gasteiger partial charge >= 0.3 is 0 Å². The molecule has 0 amide bonds. The largest absolute Gasteiger partial charge is 0.461 e. The molecule has 0 spiro atoms. The number of nitrogens with one attached hydrogen (secondary N) is 1. The molecular weight excluding hydrogens is 250 g/mol. The smallest absolute Gasteiger partial charge is 0.134 e. The van der Waals surface area contributed by atoms with E-state index in [-0.39, 0.29) is 5.54 Å². The van der Waals surface area contributed by atoms with Gasteiger partial charge in [0.05, 0.1) is 0 Å². The zero-order chi connectivity index (χ0) is 14.0. The summed E-state index contributed by atoms with van der Waals surface area (Å²) in [6.07, 6.45) is 3.08. The zero-order valence-corrected chi connectivity index (χ0v) is 12.4. The Hall–Kier alpha value is -1.32. The van der Waals surface area contributed by atoms with Crippen molar-refractivity contribution >= 4 is 11.0 Å². The van der Waals surface area contributed by atoms with Gasteiger partial charge < -0.3 is 14.5 Å². The summed E-state index contributed by atoms with van der Waals surface area (Å²) >= 11 is 0. The number of rotatable bonds is 4. The monoisotopic (exact) mass is 273 g/mol. The van der Waals surface area contributed by atoms with E-state index in [1.54, 1.807) is 0 Å². The quantitative estimate of drug-likeness (QED) is 0.923. The summed E-state index contributed by atoms with van der Waals surface area (Å²) in [7, 11) is 0. The molecule has 3 heteroatoms. The van der Waals surface area contributed by atoms with Crippen LogP contribution in [0.1, 0.15) is 38.0 Å². The summed E-state index contributed by atoms with van der Waals surface area (Å²) in [6, 6.07) is 8.31.